The largest absolute Gasteiger partial charge is 0.496 e. The number of nitrogens with zero attached hydrogens (tertiary/aromatic N) is 4. The quantitative estimate of drug-likeness (QED) is 0.489. The van der Waals surface area contributed by atoms with Crippen LogP contribution in [-0.4, -0.2) is 26.8 Å². The van der Waals surface area contributed by atoms with Gasteiger partial charge >= 0.3 is 0 Å². The number of ether oxygens (including phenoxy) is 1. The zero-order chi connectivity index (χ0) is 14.0. The summed E-state index contributed by atoms with van der Waals surface area (Å²) in [5.41, 5.74) is 0.638. The molecule has 0 N–H and O–H groups in total. The van der Waals surface area contributed by atoms with Crippen molar-refractivity contribution in [2.75, 3.05) is 7.11 Å². The van der Waals surface area contributed by atoms with Crippen molar-refractivity contribution < 1.29 is 9.66 Å². The van der Waals surface area contributed by atoms with Gasteiger partial charge in [-0.15, -0.1) is 10.2 Å². The highest BCUT2D eigenvalue weighted by Gasteiger charge is 2.17. The highest BCUT2D eigenvalue weighted by Crippen LogP contribution is 2.32. The summed E-state index contributed by atoms with van der Waals surface area (Å²) < 4.78 is 7.00. The Balaban J connectivity index is 2.55. The molecule has 0 amide bonds. The van der Waals surface area contributed by atoms with Gasteiger partial charge in [0.05, 0.1) is 29.0 Å². The van der Waals surface area contributed by atoms with Gasteiger partial charge in [-0.2, -0.15) is 0 Å². The van der Waals surface area contributed by atoms with Crippen LogP contribution >= 0.6 is 15.9 Å². The number of alkyl halides is 1. The second-order valence-electron chi connectivity index (χ2n) is 3.77. The first-order valence-electron chi connectivity index (χ1n) is 5.35. The van der Waals surface area contributed by atoms with Crippen LogP contribution in [0.4, 0.5) is 5.69 Å². The van der Waals surface area contributed by atoms with Crippen LogP contribution in [0.15, 0.2) is 18.2 Å². The summed E-state index contributed by atoms with van der Waals surface area (Å²) in [5.74, 6) is 1.75. The second-order valence-corrected chi connectivity index (χ2v) is 4.33. The van der Waals surface area contributed by atoms with Gasteiger partial charge in [-0.05, 0) is 6.07 Å². The third-order valence-electron chi connectivity index (χ3n) is 2.72. The minimum Gasteiger partial charge on any atom is -0.496 e. The molecule has 8 heteroatoms. The third-order valence-corrected chi connectivity index (χ3v) is 3.22. The molecule has 0 spiro atoms. The van der Waals surface area contributed by atoms with Gasteiger partial charge < -0.3 is 9.30 Å². The smallest absolute Gasteiger partial charge is 0.273 e. The van der Waals surface area contributed by atoms with Crippen LogP contribution in [0.25, 0.3) is 11.4 Å². The Bertz CT molecular complexity index is 626. The van der Waals surface area contributed by atoms with Gasteiger partial charge in [0.15, 0.2) is 5.82 Å². The maximum atomic E-state index is 10.7. The molecule has 1 heterocycles. The lowest BCUT2D eigenvalue weighted by Crippen LogP contribution is -1.99. The van der Waals surface area contributed by atoms with Gasteiger partial charge in [-0.1, -0.05) is 15.9 Å². The van der Waals surface area contributed by atoms with E-state index in [0.717, 1.165) is 5.82 Å². The molecule has 100 valence electrons. The van der Waals surface area contributed by atoms with E-state index < -0.39 is 4.92 Å². The Hall–Kier alpha value is -1.96. The zero-order valence-electron chi connectivity index (χ0n) is 10.3. The van der Waals surface area contributed by atoms with Gasteiger partial charge in [0.1, 0.15) is 11.6 Å². The molecule has 7 nitrogen and oxygen atoms in total. The molecule has 0 saturated carbocycles. The number of non-ortho nitro benzene ring substituents is 1. The monoisotopic (exact) mass is 326 g/mol. The topological polar surface area (TPSA) is 83.1 Å². The number of benzene rings is 1. The van der Waals surface area contributed by atoms with E-state index in [2.05, 4.69) is 26.1 Å². The van der Waals surface area contributed by atoms with Gasteiger partial charge in [-0.3, -0.25) is 10.1 Å². The summed E-state index contributed by atoms with van der Waals surface area (Å²) in [6.45, 7) is 0. The number of aromatic nitrogens is 3. The van der Waals surface area contributed by atoms with E-state index in [0.29, 0.717) is 22.5 Å². The van der Waals surface area contributed by atoms with Gasteiger partial charge in [0.25, 0.3) is 5.69 Å². The van der Waals surface area contributed by atoms with Crippen LogP contribution < -0.4 is 4.74 Å². The van der Waals surface area contributed by atoms with E-state index in [9.17, 15) is 10.1 Å². The van der Waals surface area contributed by atoms with Gasteiger partial charge in [-0.25, -0.2) is 0 Å². The van der Waals surface area contributed by atoms with Crippen LogP contribution in [0.1, 0.15) is 5.82 Å². The first-order chi connectivity index (χ1) is 9.08. The number of methoxy groups -OCH3 is 1. The fraction of sp³-hybridized carbons (Fsp3) is 0.273. The minimum atomic E-state index is -0.465. The molecule has 1 aromatic carbocycles. The average molecular weight is 327 g/mol. The molecule has 0 aliphatic rings. The Morgan fingerprint density at radius 1 is 1.47 bits per heavy atom. The number of hydrogen-bond acceptors (Lipinski definition) is 5. The van der Waals surface area contributed by atoms with Crippen molar-refractivity contribution in [2.24, 2.45) is 7.05 Å². The fourth-order valence-corrected chi connectivity index (χ4v) is 2.18. The molecule has 1 aromatic heterocycles. The van der Waals surface area contributed by atoms with Crippen LogP contribution in [0.3, 0.4) is 0 Å². The van der Waals surface area contributed by atoms with Crippen LogP contribution in [0, 0.1) is 10.1 Å². The van der Waals surface area contributed by atoms with E-state index in [-0.39, 0.29) is 5.69 Å². The third kappa shape index (κ3) is 2.43. The Kier molecular flexibility index (Phi) is 3.79. The van der Waals surface area contributed by atoms with E-state index in [1.807, 2.05) is 7.05 Å². The first kappa shape index (κ1) is 13.5. The maximum Gasteiger partial charge on any atom is 0.273 e. The summed E-state index contributed by atoms with van der Waals surface area (Å²) >= 11 is 3.32. The van der Waals surface area contributed by atoms with E-state index in [1.54, 1.807) is 10.6 Å². The van der Waals surface area contributed by atoms with Crippen molar-refractivity contribution in [1.82, 2.24) is 14.8 Å². The average Bonchev–Trinajstić information content (AvgIpc) is 2.78. The van der Waals surface area contributed by atoms with Crippen LogP contribution in [-0.2, 0) is 12.4 Å². The summed E-state index contributed by atoms with van der Waals surface area (Å²) in [5, 5.41) is 19.4. The van der Waals surface area contributed by atoms with E-state index in [4.69, 9.17) is 4.74 Å². The number of nitro benzene ring substituents is 1. The number of rotatable bonds is 4. The number of nitro groups is 1. The Labute approximate surface area is 117 Å². The molecule has 0 aliphatic heterocycles. The van der Waals surface area contributed by atoms with Crippen molar-refractivity contribution in [2.45, 2.75) is 5.33 Å². The van der Waals surface area contributed by atoms with Gasteiger partial charge in [0, 0.05) is 13.1 Å². The highest BCUT2D eigenvalue weighted by molar-refractivity contribution is 9.08. The van der Waals surface area contributed by atoms with E-state index in [1.165, 1.54) is 19.2 Å². The lowest BCUT2D eigenvalue weighted by atomic mass is 10.1. The van der Waals surface area contributed by atoms with Crippen molar-refractivity contribution in [1.29, 1.82) is 0 Å². The second kappa shape index (κ2) is 5.35. The molecule has 0 radical (unpaired) electrons. The molecular weight excluding hydrogens is 316 g/mol. The van der Waals surface area contributed by atoms with Crippen molar-refractivity contribution in [3.05, 3.63) is 34.1 Å². The standard InChI is InChI=1S/C11H11BrN4O3/c1-15-10(6-12)13-14-11(15)8-4-3-7(16(17)18)5-9(8)19-2/h3-5H,6H2,1-2H3. The lowest BCUT2D eigenvalue weighted by molar-refractivity contribution is -0.384. The molecule has 0 bridgehead atoms. The molecule has 19 heavy (non-hydrogen) atoms. The summed E-state index contributed by atoms with van der Waals surface area (Å²) in [6, 6.07) is 4.40. The van der Waals surface area contributed by atoms with E-state index >= 15 is 0 Å². The molecule has 0 atom stereocenters. The van der Waals surface area contributed by atoms with Crippen LogP contribution in [0.5, 0.6) is 5.75 Å². The number of hydrogen-bond donors (Lipinski definition) is 0. The maximum absolute atomic E-state index is 10.7. The van der Waals surface area contributed by atoms with Crippen molar-refractivity contribution in [3.8, 4) is 17.1 Å². The molecular formula is C11H11BrN4O3. The summed E-state index contributed by atoms with van der Waals surface area (Å²) in [7, 11) is 3.29. The molecule has 0 saturated heterocycles. The fourth-order valence-electron chi connectivity index (χ4n) is 1.69. The summed E-state index contributed by atoms with van der Waals surface area (Å²) in [6.07, 6.45) is 0. The zero-order valence-corrected chi connectivity index (χ0v) is 11.9. The first-order valence-corrected chi connectivity index (χ1v) is 6.47. The lowest BCUT2D eigenvalue weighted by Gasteiger charge is -2.08. The van der Waals surface area contributed by atoms with Crippen molar-refractivity contribution >= 4 is 21.6 Å². The molecule has 2 rings (SSSR count). The molecule has 2 aromatic rings. The molecule has 0 unspecified atom stereocenters. The SMILES string of the molecule is COc1cc([N+](=O)[O-])ccc1-c1nnc(CBr)n1C. The van der Waals surface area contributed by atoms with Crippen LogP contribution in [0.2, 0.25) is 0 Å². The predicted octanol–water partition coefficient (Wildman–Crippen LogP) is 2.29. The normalized spacial score (nSPS) is 10.5. The van der Waals surface area contributed by atoms with Gasteiger partial charge in [0.2, 0.25) is 0 Å². The highest BCUT2D eigenvalue weighted by atomic mass is 79.9. The molecule has 0 aliphatic carbocycles. The Morgan fingerprint density at radius 2 is 2.21 bits per heavy atom. The Morgan fingerprint density at radius 3 is 2.74 bits per heavy atom. The molecule has 0 fully saturated rings. The van der Waals surface area contributed by atoms with Crippen molar-refractivity contribution in [3.63, 3.8) is 0 Å². The number of halogens is 1. The minimum absolute atomic E-state index is 0.0246. The summed E-state index contributed by atoms with van der Waals surface area (Å²) in [4.78, 5) is 10.3. The predicted molar refractivity (Wildman–Crippen MR) is 72.3 cm³/mol.